The Morgan fingerprint density at radius 3 is 0.848 bits per heavy atom. The lowest BCUT2D eigenvalue weighted by Gasteiger charge is -2.21. The minimum absolute atomic E-state index is 0.0979. The number of unbranched alkanes of at least 4 members (excludes halogenated alkanes) is 38. The Morgan fingerprint density at radius 2 is 0.566 bits per heavy atom. The fourth-order valence-corrected chi connectivity index (χ4v) is 13.3. The van der Waals surface area contributed by atoms with Crippen LogP contribution >= 0.6 is 15.6 Å². The van der Waals surface area contributed by atoms with Crippen LogP contribution in [0, 0.1) is 17.8 Å². The second-order valence-corrected chi connectivity index (χ2v) is 31.8. The van der Waals surface area contributed by atoms with Gasteiger partial charge in [0.25, 0.3) is 0 Å². The first kappa shape index (κ1) is 96.5. The van der Waals surface area contributed by atoms with E-state index in [0.29, 0.717) is 25.7 Å². The third kappa shape index (κ3) is 69.7. The summed E-state index contributed by atoms with van der Waals surface area (Å²) in [5.74, 6) is 0.218. The minimum atomic E-state index is -4.97. The normalized spacial score (nSPS) is 15.0. The molecule has 0 aromatic heterocycles. The number of carbonyl (C=O) groups excluding carboxylic acids is 4. The molecule has 584 valence electrons. The zero-order valence-corrected chi connectivity index (χ0v) is 66.2. The lowest BCUT2D eigenvalue weighted by Crippen LogP contribution is -2.30. The minimum Gasteiger partial charge on any atom is -0.462 e. The molecule has 0 saturated heterocycles. The molecular weight excluding hydrogens is 1290 g/mol. The maximum Gasteiger partial charge on any atom is 0.472 e. The molecule has 0 aromatic carbocycles. The van der Waals surface area contributed by atoms with Crippen molar-refractivity contribution in [3.63, 3.8) is 0 Å². The van der Waals surface area contributed by atoms with Crippen molar-refractivity contribution >= 4 is 39.5 Å². The highest BCUT2D eigenvalue weighted by molar-refractivity contribution is 7.47. The number of phosphoric acid groups is 2. The predicted molar refractivity (Wildman–Crippen MR) is 404 cm³/mol. The van der Waals surface area contributed by atoms with Crippen LogP contribution in [0.5, 0.6) is 0 Å². The highest BCUT2D eigenvalue weighted by Crippen LogP contribution is 2.45. The molecule has 99 heavy (non-hydrogen) atoms. The van der Waals surface area contributed by atoms with E-state index in [9.17, 15) is 43.2 Å². The highest BCUT2D eigenvalue weighted by Gasteiger charge is 2.30. The number of allylic oxidation sites excluding steroid dienone is 4. The smallest absolute Gasteiger partial charge is 0.462 e. The molecule has 0 heterocycles. The molecular formula is C80H152O17P2. The summed E-state index contributed by atoms with van der Waals surface area (Å²) in [6.45, 7) is 11.9. The summed E-state index contributed by atoms with van der Waals surface area (Å²) < 4.78 is 68.6. The van der Waals surface area contributed by atoms with E-state index in [4.69, 9.17) is 37.0 Å². The number of hydrogen-bond donors (Lipinski definition) is 3. The number of rotatable bonds is 76. The molecule has 8 atom stereocenters. The molecule has 0 rings (SSSR count). The largest absolute Gasteiger partial charge is 0.472 e. The van der Waals surface area contributed by atoms with Gasteiger partial charge in [0.05, 0.1) is 26.4 Å². The first-order valence-corrected chi connectivity index (χ1v) is 43.8. The molecule has 0 fully saturated rings. The van der Waals surface area contributed by atoms with Crippen molar-refractivity contribution in [1.82, 2.24) is 0 Å². The van der Waals surface area contributed by atoms with Gasteiger partial charge in [-0.15, -0.1) is 0 Å². The van der Waals surface area contributed by atoms with Crippen molar-refractivity contribution in [3.05, 3.63) is 24.3 Å². The average molecular weight is 1450 g/mol. The Hall–Kier alpha value is -2.46. The molecule has 0 saturated carbocycles. The van der Waals surface area contributed by atoms with Gasteiger partial charge in [0.1, 0.15) is 19.3 Å². The number of ether oxygens (including phenoxy) is 4. The van der Waals surface area contributed by atoms with Gasteiger partial charge >= 0.3 is 39.5 Å². The molecule has 3 N–H and O–H groups in total. The van der Waals surface area contributed by atoms with Crippen LogP contribution in [-0.2, 0) is 65.4 Å². The standard InChI is InChI=1S/C80H152O17P2/c1-8-12-13-14-15-16-17-18-23-27-30-33-39-47-54-61-77(82)90-67-75(97-80(85)64-57-50-41-36-35-38-45-52-59-72(6)10-3)69-94-98(86,87)92-65-74(81)66-93-99(88,89)95-70-76(68-91-78(83)62-55-48-43-42-46-53-60-73(7)11-4)96-79(84)63-56-49-40-34-31-28-25-22-20-19-21-24-26-29-32-37-44-51-58-71(5)9-2/h16-18,23,71-76,81H,8-15,19-22,24-70H2,1-7H3,(H,86,87)(H,88,89)/b17-16-,23-18-/t71?,72?,73?,74-,75-,76-/m1/s1. The SMILES string of the molecule is CCCCCC/C=C\C=C/CCCCCCCC(=O)OC[C@H](COP(=O)(O)OC[C@@H](O)COP(=O)(O)OC[C@@H](COC(=O)CCCCCCCCC(C)CC)OC(=O)CCCCCCCCCCCCCCCCCCCCC(C)CC)OC(=O)CCCCCCCCCCC(C)CC. The van der Waals surface area contributed by atoms with Crippen molar-refractivity contribution < 1.29 is 80.2 Å². The number of aliphatic hydroxyl groups is 1. The van der Waals surface area contributed by atoms with Gasteiger partial charge in [0.15, 0.2) is 12.2 Å². The van der Waals surface area contributed by atoms with Crippen molar-refractivity contribution in [2.24, 2.45) is 17.8 Å². The second kappa shape index (κ2) is 69.9. The molecule has 0 amide bonds. The molecule has 0 bridgehead atoms. The number of aliphatic hydroxyl groups excluding tert-OH is 1. The fourth-order valence-electron chi connectivity index (χ4n) is 11.7. The Bertz CT molecular complexity index is 2020. The zero-order valence-electron chi connectivity index (χ0n) is 64.4. The van der Waals surface area contributed by atoms with Crippen LogP contribution in [-0.4, -0.2) is 96.7 Å². The van der Waals surface area contributed by atoms with Crippen molar-refractivity contribution in [2.45, 2.75) is 407 Å². The molecule has 0 radical (unpaired) electrons. The van der Waals surface area contributed by atoms with E-state index in [0.717, 1.165) is 133 Å². The molecule has 0 aliphatic rings. The van der Waals surface area contributed by atoms with Crippen LogP contribution in [0.2, 0.25) is 0 Å². The Morgan fingerprint density at radius 1 is 0.323 bits per heavy atom. The maximum absolute atomic E-state index is 13.1. The first-order chi connectivity index (χ1) is 47.8. The van der Waals surface area contributed by atoms with Gasteiger partial charge in [0.2, 0.25) is 0 Å². The van der Waals surface area contributed by atoms with Crippen LogP contribution in [0.25, 0.3) is 0 Å². The highest BCUT2D eigenvalue weighted by atomic mass is 31.2. The molecule has 5 unspecified atom stereocenters. The first-order valence-electron chi connectivity index (χ1n) is 40.8. The van der Waals surface area contributed by atoms with Gasteiger partial charge in [-0.05, 0) is 69.1 Å². The van der Waals surface area contributed by atoms with E-state index in [1.807, 2.05) is 0 Å². The van der Waals surface area contributed by atoms with Crippen LogP contribution in [0.15, 0.2) is 24.3 Å². The second-order valence-electron chi connectivity index (χ2n) is 28.8. The summed E-state index contributed by atoms with van der Waals surface area (Å²) in [4.78, 5) is 72.9. The topological polar surface area (TPSA) is 237 Å². The number of hydrogen-bond acceptors (Lipinski definition) is 15. The summed E-state index contributed by atoms with van der Waals surface area (Å²) >= 11 is 0. The van der Waals surface area contributed by atoms with Crippen LogP contribution in [0.3, 0.4) is 0 Å². The van der Waals surface area contributed by atoms with Gasteiger partial charge in [-0.25, -0.2) is 9.13 Å². The average Bonchev–Trinajstić information content (AvgIpc) is 1.14. The summed E-state index contributed by atoms with van der Waals surface area (Å²) in [6, 6.07) is 0. The van der Waals surface area contributed by atoms with Crippen molar-refractivity contribution in [3.8, 4) is 0 Å². The quantitative estimate of drug-likeness (QED) is 0.0169. The monoisotopic (exact) mass is 1450 g/mol. The molecule has 0 aliphatic carbocycles. The van der Waals surface area contributed by atoms with Crippen molar-refractivity contribution in [1.29, 1.82) is 0 Å². The molecule has 19 heteroatoms. The number of carbonyl (C=O) groups is 4. The van der Waals surface area contributed by atoms with E-state index in [1.165, 1.54) is 173 Å². The molecule has 0 aliphatic heterocycles. The van der Waals surface area contributed by atoms with E-state index in [-0.39, 0.29) is 25.7 Å². The molecule has 0 spiro atoms. The van der Waals surface area contributed by atoms with E-state index in [2.05, 4.69) is 72.8 Å². The van der Waals surface area contributed by atoms with Crippen molar-refractivity contribution in [2.75, 3.05) is 39.6 Å². The Kier molecular flexibility index (Phi) is 68.1. The van der Waals surface area contributed by atoms with Crippen LogP contribution in [0.1, 0.15) is 389 Å². The van der Waals surface area contributed by atoms with E-state index in [1.54, 1.807) is 0 Å². The molecule has 0 aromatic rings. The lowest BCUT2D eigenvalue weighted by molar-refractivity contribution is -0.161. The Balaban J connectivity index is 5.22. The summed E-state index contributed by atoms with van der Waals surface area (Å²) in [5.41, 5.74) is 0. The number of phosphoric ester groups is 2. The maximum atomic E-state index is 13.1. The number of esters is 4. The van der Waals surface area contributed by atoms with Gasteiger partial charge in [-0.2, -0.15) is 0 Å². The summed E-state index contributed by atoms with van der Waals surface area (Å²) in [6.07, 6.45) is 60.5. The van der Waals surface area contributed by atoms with E-state index < -0.39 is 97.5 Å². The van der Waals surface area contributed by atoms with Gasteiger partial charge in [-0.3, -0.25) is 37.3 Å². The van der Waals surface area contributed by atoms with Gasteiger partial charge < -0.3 is 33.8 Å². The predicted octanol–water partition coefficient (Wildman–Crippen LogP) is 23.3. The van der Waals surface area contributed by atoms with Gasteiger partial charge in [-0.1, -0.05) is 336 Å². The summed E-state index contributed by atoms with van der Waals surface area (Å²) in [5, 5.41) is 10.6. The lowest BCUT2D eigenvalue weighted by atomic mass is 9.99. The van der Waals surface area contributed by atoms with E-state index >= 15 is 0 Å². The Labute approximate surface area is 605 Å². The zero-order chi connectivity index (χ0) is 73.0. The van der Waals surface area contributed by atoms with Gasteiger partial charge in [0, 0.05) is 25.7 Å². The summed E-state index contributed by atoms with van der Waals surface area (Å²) in [7, 11) is -9.93. The van der Waals surface area contributed by atoms with Crippen LogP contribution < -0.4 is 0 Å². The third-order valence-electron chi connectivity index (χ3n) is 19.1. The third-order valence-corrected chi connectivity index (χ3v) is 21.0. The van der Waals surface area contributed by atoms with Crippen LogP contribution in [0.4, 0.5) is 0 Å². The molecule has 17 nitrogen and oxygen atoms in total. The fraction of sp³-hybridized carbons (Fsp3) is 0.900.